The van der Waals surface area contributed by atoms with Gasteiger partial charge in [-0.2, -0.15) is 0 Å². The minimum absolute atomic E-state index is 0.508. The van der Waals surface area contributed by atoms with Crippen LogP contribution in [0.25, 0.3) is 11.4 Å². The molecule has 0 radical (unpaired) electrons. The minimum atomic E-state index is 0.508. The Morgan fingerprint density at radius 3 is 2.92 bits per heavy atom. The maximum atomic E-state index is 5.56. The SMILES string of the molecule is Cc1cc(-c2nccc(N)n2)cs1. The molecule has 0 saturated heterocycles. The molecule has 0 aliphatic heterocycles. The predicted octanol–water partition coefficient (Wildman–Crippen LogP) is 2.10. The van der Waals surface area contributed by atoms with Gasteiger partial charge in [-0.15, -0.1) is 11.3 Å². The number of rotatable bonds is 1. The highest BCUT2D eigenvalue weighted by Gasteiger charge is 2.02. The summed E-state index contributed by atoms with van der Waals surface area (Å²) in [6, 6.07) is 3.74. The molecule has 0 spiro atoms. The van der Waals surface area contributed by atoms with E-state index in [4.69, 9.17) is 5.73 Å². The molecule has 66 valence electrons. The summed E-state index contributed by atoms with van der Waals surface area (Å²) in [5.41, 5.74) is 6.59. The van der Waals surface area contributed by atoms with Gasteiger partial charge < -0.3 is 5.73 Å². The monoisotopic (exact) mass is 191 g/mol. The molecule has 0 saturated carbocycles. The summed E-state index contributed by atoms with van der Waals surface area (Å²) in [5.74, 6) is 1.21. The summed E-state index contributed by atoms with van der Waals surface area (Å²) < 4.78 is 0. The molecule has 2 N–H and O–H groups in total. The number of nitrogen functional groups attached to an aromatic ring is 1. The lowest BCUT2D eigenvalue weighted by atomic mass is 10.3. The van der Waals surface area contributed by atoms with Gasteiger partial charge >= 0.3 is 0 Å². The number of thiophene rings is 1. The van der Waals surface area contributed by atoms with Crippen molar-refractivity contribution in [3.63, 3.8) is 0 Å². The van der Waals surface area contributed by atoms with Crippen LogP contribution in [-0.2, 0) is 0 Å². The Hall–Kier alpha value is -1.42. The standard InChI is InChI=1S/C9H9N3S/c1-6-4-7(5-13-6)9-11-3-2-8(10)12-9/h2-5H,1H3,(H2,10,11,12). The fourth-order valence-electron chi connectivity index (χ4n) is 1.07. The van der Waals surface area contributed by atoms with Crippen LogP contribution >= 0.6 is 11.3 Å². The zero-order valence-electron chi connectivity index (χ0n) is 7.19. The molecule has 0 aliphatic rings. The van der Waals surface area contributed by atoms with Crippen molar-refractivity contribution in [1.29, 1.82) is 0 Å². The minimum Gasteiger partial charge on any atom is -0.384 e. The molecule has 4 heteroatoms. The molecule has 0 bridgehead atoms. The Kier molecular flexibility index (Phi) is 1.98. The van der Waals surface area contributed by atoms with Gasteiger partial charge in [0.1, 0.15) is 5.82 Å². The van der Waals surface area contributed by atoms with E-state index in [1.165, 1.54) is 4.88 Å². The Labute approximate surface area is 80.3 Å². The molecule has 0 aromatic carbocycles. The van der Waals surface area contributed by atoms with E-state index >= 15 is 0 Å². The van der Waals surface area contributed by atoms with Crippen LogP contribution in [0.3, 0.4) is 0 Å². The van der Waals surface area contributed by atoms with Gasteiger partial charge in [-0.05, 0) is 19.1 Å². The summed E-state index contributed by atoms with van der Waals surface area (Å²) in [6.07, 6.45) is 1.67. The maximum absolute atomic E-state index is 5.56. The highest BCUT2D eigenvalue weighted by molar-refractivity contribution is 7.10. The van der Waals surface area contributed by atoms with Gasteiger partial charge in [-0.25, -0.2) is 9.97 Å². The molecule has 2 aromatic heterocycles. The third-order valence-electron chi connectivity index (χ3n) is 1.67. The largest absolute Gasteiger partial charge is 0.384 e. The predicted molar refractivity (Wildman–Crippen MR) is 54.5 cm³/mol. The van der Waals surface area contributed by atoms with E-state index in [0.717, 1.165) is 5.56 Å². The van der Waals surface area contributed by atoms with E-state index in [1.807, 2.05) is 5.38 Å². The van der Waals surface area contributed by atoms with Gasteiger partial charge in [0.05, 0.1) is 0 Å². The third-order valence-corrected chi connectivity index (χ3v) is 2.53. The molecule has 0 unspecified atom stereocenters. The highest BCUT2D eigenvalue weighted by atomic mass is 32.1. The smallest absolute Gasteiger partial charge is 0.162 e. The first-order valence-electron chi connectivity index (χ1n) is 3.90. The van der Waals surface area contributed by atoms with Crippen LogP contribution in [0.4, 0.5) is 5.82 Å². The first-order chi connectivity index (χ1) is 6.25. The molecule has 2 rings (SSSR count). The lowest BCUT2D eigenvalue weighted by Crippen LogP contribution is -1.93. The van der Waals surface area contributed by atoms with Crippen LogP contribution in [0.1, 0.15) is 4.88 Å². The van der Waals surface area contributed by atoms with Gasteiger partial charge in [-0.3, -0.25) is 0 Å². The number of aromatic nitrogens is 2. The van der Waals surface area contributed by atoms with E-state index in [0.29, 0.717) is 11.6 Å². The number of hydrogen-bond acceptors (Lipinski definition) is 4. The molecule has 0 atom stereocenters. The van der Waals surface area contributed by atoms with Gasteiger partial charge in [0.2, 0.25) is 0 Å². The van der Waals surface area contributed by atoms with Gasteiger partial charge in [-0.1, -0.05) is 0 Å². The number of anilines is 1. The number of nitrogens with zero attached hydrogens (tertiary/aromatic N) is 2. The topological polar surface area (TPSA) is 51.8 Å². The molecular weight excluding hydrogens is 182 g/mol. The van der Waals surface area contributed by atoms with Gasteiger partial charge in [0.25, 0.3) is 0 Å². The van der Waals surface area contributed by atoms with Crippen molar-refractivity contribution in [2.75, 3.05) is 5.73 Å². The lowest BCUT2D eigenvalue weighted by Gasteiger charge is -1.95. The Bertz CT molecular complexity index is 422. The molecule has 0 fully saturated rings. The molecule has 0 aliphatic carbocycles. The van der Waals surface area contributed by atoms with Crippen molar-refractivity contribution in [2.45, 2.75) is 6.92 Å². The second kappa shape index (κ2) is 3.14. The number of hydrogen-bond donors (Lipinski definition) is 1. The van der Waals surface area contributed by atoms with Crippen molar-refractivity contribution >= 4 is 17.2 Å². The van der Waals surface area contributed by atoms with Crippen LogP contribution in [0, 0.1) is 6.92 Å². The Morgan fingerprint density at radius 1 is 1.46 bits per heavy atom. The second-order valence-electron chi connectivity index (χ2n) is 2.75. The molecule has 2 aromatic rings. The quantitative estimate of drug-likeness (QED) is 0.751. The molecule has 0 amide bonds. The third kappa shape index (κ3) is 1.67. The zero-order valence-corrected chi connectivity index (χ0v) is 8.01. The molecule has 3 nitrogen and oxygen atoms in total. The van der Waals surface area contributed by atoms with Crippen molar-refractivity contribution < 1.29 is 0 Å². The highest BCUT2D eigenvalue weighted by Crippen LogP contribution is 2.21. The zero-order chi connectivity index (χ0) is 9.26. The summed E-state index contributed by atoms with van der Waals surface area (Å²) in [4.78, 5) is 9.52. The summed E-state index contributed by atoms with van der Waals surface area (Å²) in [6.45, 7) is 2.06. The van der Waals surface area contributed by atoms with Crippen molar-refractivity contribution in [1.82, 2.24) is 9.97 Å². The first kappa shape index (κ1) is 8.19. The number of nitrogens with two attached hydrogens (primary N) is 1. The van der Waals surface area contributed by atoms with Crippen molar-refractivity contribution in [3.8, 4) is 11.4 Å². The summed E-state index contributed by atoms with van der Waals surface area (Å²) in [7, 11) is 0. The fourth-order valence-corrected chi connectivity index (χ4v) is 1.75. The van der Waals surface area contributed by atoms with Crippen LogP contribution in [0.5, 0.6) is 0 Å². The van der Waals surface area contributed by atoms with E-state index in [2.05, 4.69) is 23.0 Å². The molecule has 2 heterocycles. The second-order valence-corrected chi connectivity index (χ2v) is 3.87. The average molecular weight is 191 g/mol. The summed E-state index contributed by atoms with van der Waals surface area (Å²) in [5, 5.41) is 2.03. The fraction of sp³-hybridized carbons (Fsp3) is 0.111. The van der Waals surface area contributed by atoms with Gasteiger partial charge in [0, 0.05) is 22.0 Å². The average Bonchev–Trinajstić information content (AvgIpc) is 2.52. The van der Waals surface area contributed by atoms with Crippen LogP contribution < -0.4 is 5.73 Å². The van der Waals surface area contributed by atoms with E-state index in [9.17, 15) is 0 Å². The Morgan fingerprint density at radius 2 is 2.31 bits per heavy atom. The summed E-state index contributed by atoms with van der Waals surface area (Å²) >= 11 is 1.68. The van der Waals surface area contributed by atoms with Crippen LogP contribution in [0.2, 0.25) is 0 Å². The first-order valence-corrected chi connectivity index (χ1v) is 4.78. The van der Waals surface area contributed by atoms with Gasteiger partial charge in [0.15, 0.2) is 5.82 Å². The number of aryl methyl sites for hydroxylation is 1. The van der Waals surface area contributed by atoms with Crippen molar-refractivity contribution in [3.05, 3.63) is 28.6 Å². The molecule has 13 heavy (non-hydrogen) atoms. The van der Waals surface area contributed by atoms with Crippen LogP contribution in [0.15, 0.2) is 23.7 Å². The van der Waals surface area contributed by atoms with E-state index in [-0.39, 0.29) is 0 Å². The van der Waals surface area contributed by atoms with Crippen molar-refractivity contribution in [2.24, 2.45) is 0 Å². The Balaban J connectivity index is 2.46. The van der Waals surface area contributed by atoms with E-state index in [1.54, 1.807) is 23.6 Å². The normalized spacial score (nSPS) is 10.2. The lowest BCUT2D eigenvalue weighted by molar-refractivity contribution is 1.19. The maximum Gasteiger partial charge on any atom is 0.162 e. The van der Waals surface area contributed by atoms with Crippen LogP contribution in [-0.4, -0.2) is 9.97 Å². The molecular formula is C9H9N3S. The van der Waals surface area contributed by atoms with E-state index < -0.39 is 0 Å².